The number of benzene rings is 1. The number of ether oxygens (including phenoxy) is 1. The molecular formula is C23H24N4O3S. The number of anilines is 2. The van der Waals surface area contributed by atoms with Crippen molar-refractivity contribution in [1.29, 1.82) is 0 Å². The molecule has 0 spiro atoms. The molecule has 0 saturated carbocycles. The van der Waals surface area contributed by atoms with Gasteiger partial charge >= 0.3 is 0 Å². The van der Waals surface area contributed by atoms with Crippen molar-refractivity contribution >= 4 is 34.6 Å². The number of nitrogens with one attached hydrogen (secondary N) is 2. The number of aromatic nitrogens is 1. The second-order valence-electron chi connectivity index (χ2n) is 7.23. The summed E-state index contributed by atoms with van der Waals surface area (Å²) in [5.41, 5.74) is 2.30. The fourth-order valence-electron chi connectivity index (χ4n) is 3.71. The second kappa shape index (κ2) is 8.77. The number of aryl methyl sites for hydroxylation is 1. The third kappa shape index (κ3) is 4.11. The minimum atomic E-state index is -0.239. The van der Waals surface area contributed by atoms with Crippen LogP contribution in [0.3, 0.4) is 0 Å². The zero-order valence-electron chi connectivity index (χ0n) is 17.6. The number of methoxy groups -OCH3 is 1. The van der Waals surface area contributed by atoms with Crippen LogP contribution >= 0.6 is 12.2 Å². The first kappa shape index (κ1) is 20.9. The van der Waals surface area contributed by atoms with Gasteiger partial charge in [0.2, 0.25) is 5.91 Å². The van der Waals surface area contributed by atoms with E-state index < -0.39 is 0 Å². The van der Waals surface area contributed by atoms with Crippen LogP contribution in [0.2, 0.25) is 0 Å². The van der Waals surface area contributed by atoms with E-state index in [1.165, 1.54) is 0 Å². The Balaban J connectivity index is 1.76. The van der Waals surface area contributed by atoms with Gasteiger partial charge in [-0.3, -0.25) is 9.78 Å². The third-order valence-corrected chi connectivity index (χ3v) is 5.52. The number of hydrogen-bond acceptors (Lipinski definition) is 5. The van der Waals surface area contributed by atoms with Gasteiger partial charge in [0.1, 0.15) is 23.3 Å². The van der Waals surface area contributed by atoms with E-state index in [1.807, 2.05) is 60.4 Å². The predicted octanol–water partition coefficient (Wildman–Crippen LogP) is 4.52. The smallest absolute Gasteiger partial charge is 0.224 e. The van der Waals surface area contributed by atoms with Gasteiger partial charge in [-0.05, 0) is 55.5 Å². The zero-order chi connectivity index (χ0) is 22.0. The molecule has 1 aliphatic heterocycles. The maximum Gasteiger partial charge on any atom is 0.224 e. The third-order valence-electron chi connectivity index (χ3n) is 5.21. The molecule has 2 aromatic heterocycles. The van der Waals surface area contributed by atoms with Crippen LogP contribution < -0.4 is 20.3 Å². The molecule has 0 radical (unpaired) electrons. The van der Waals surface area contributed by atoms with Crippen LogP contribution in [0.15, 0.2) is 59.1 Å². The first-order valence-electron chi connectivity index (χ1n) is 10.1. The molecule has 1 aliphatic rings. The molecule has 1 fully saturated rings. The average Bonchev–Trinajstić information content (AvgIpc) is 3.37. The maximum absolute atomic E-state index is 11.9. The average molecular weight is 437 g/mol. The van der Waals surface area contributed by atoms with Crippen LogP contribution in [-0.4, -0.2) is 23.1 Å². The Morgan fingerprint density at radius 1 is 1.29 bits per heavy atom. The van der Waals surface area contributed by atoms with Crippen LogP contribution in [0.5, 0.6) is 5.75 Å². The molecule has 1 aromatic carbocycles. The summed E-state index contributed by atoms with van der Waals surface area (Å²) in [5, 5.41) is 6.81. The van der Waals surface area contributed by atoms with Gasteiger partial charge in [0.05, 0.1) is 24.5 Å². The van der Waals surface area contributed by atoms with Crippen molar-refractivity contribution in [2.75, 3.05) is 17.3 Å². The topological polar surface area (TPSA) is 79.6 Å². The number of furan rings is 1. The number of rotatable bonds is 6. The summed E-state index contributed by atoms with van der Waals surface area (Å²) < 4.78 is 11.6. The normalized spacial score (nSPS) is 18.0. The first-order valence-corrected chi connectivity index (χ1v) is 10.5. The number of carbonyl (C=O) groups is 1. The van der Waals surface area contributed by atoms with E-state index in [4.69, 9.17) is 21.4 Å². The molecule has 160 valence electrons. The number of carbonyl (C=O) groups excluding carboxylic acids is 1. The van der Waals surface area contributed by atoms with E-state index in [1.54, 1.807) is 20.2 Å². The Morgan fingerprint density at radius 3 is 2.77 bits per heavy atom. The fraction of sp³-hybridized carbons (Fsp3) is 0.261. The summed E-state index contributed by atoms with van der Waals surface area (Å²) in [6.07, 6.45) is 2.15. The molecule has 7 nitrogen and oxygen atoms in total. The Labute approximate surface area is 186 Å². The number of pyridine rings is 1. The molecule has 31 heavy (non-hydrogen) atoms. The molecule has 1 amide bonds. The minimum Gasteiger partial charge on any atom is -0.494 e. The van der Waals surface area contributed by atoms with Crippen LogP contribution in [0, 0.1) is 6.92 Å². The highest BCUT2D eigenvalue weighted by Gasteiger charge is 2.42. The summed E-state index contributed by atoms with van der Waals surface area (Å²) in [6.45, 7) is 3.72. The van der Waals surface area contributed by atoms with Gasteiger partial charge in [0.15, 0.2) is 5.11 Å². The summed E-state index contributed by atoms with van der Waals surface area (Å²) in [5.74, 6) is 2.08. The molecule has 0 unspecified atom stereocenters. The van der Waals surface area contributed by atoms with Crippen LogP contribution in [0.4, 0.5) is 11.4 Å². The summed E-state index contributed by atoms with van der Waals surface area (Å²) in [6, 6.07) is 14.9. The van der Waals surface area contributed by atoms with Crippen molar-refractivity contribution in [1.82, 2.24) is 10.3 Å². The molecule has 0 bridgehead atoms. The molecule has 1 saturated heterocycles. The highest BCUT2D eigenvalue weighted by atomic mass is 32.1. The maximum atomic E-state index is 11.9. The van der Waals surface area contributed by atoms with E-state index >= 15 is 0 Å². The molecule has 4 rings (SSSR count). The monoisotopic (exact) mass is 436 g/mol. The lowest BCUT2D eigenvalue weighted by Gasteiger charge is -2.26. The highest BCUT2D eigenvalue weighted by Crippen LogP contribution is 2.43. The lowest BCUT2D eigenvalue weighted by Crippen LogP contribution is -2.29. The minimum absolute atomic E-state index is 0.0800. The van der Waals surface area contributed by atoms with Crippen molar-refractivity contribution in [2.45, 2.75) is 32.4 Å². The summed E-state index contributed by atoms with van der Waals surface area (Å²) in [4.78, 5) is 18.4. The van der Waals surface area contributed by atoms with Crippen LogP contribution in [-0.2, 0) is 4.79 Å². The van der Waals surface area contributed by atoms with Crippen LogP contribution in [0.25, 0.3) is 0 Å². The van der Waals surface area contributed by atoms with Crippen molar-refractivity contribution in [3.8, 4) is 5.75 Å². The Bertz CT molecular complexity index is 1100. The summed E-state index contributed by atoms with van der Waals surface area (Å²) >= 11 is 5.72. The van der Waals surface area contributed by atoms with E-state index in [-0.39, 0.29) is 18.0 Å². The number of hydrogen-bond donors (Lipinski definition) is 2. The zero-order valence-corrected chi connectivity index (χ0v) is 18.4. The molecule has 0 aliphatic carbocycles. The van der Waals surface area contributed by atoms with Gasteiger partial charge in [-0.25, -0.2) is 0 Å². The van der Waals surface area contributed by atoms with Gasteiger partial charge in [0.25, 0.3) is 0 Å². The lowest BCUT2D eigenvalue weighted by atomic mass is 10.0. The Hall–Kier alpha value is -3.39. The fourth-order valence-corrected chi connectivity index (χ4v) is 4.05. The van der Waals surface area contributed by atoms with Gasteiger partial charge in [-0.2, -0.15) is 0 Å². The van der Waals surface area contributed by atoms with Gasteiger partial charge in [-0.1, -0.05) is 13.0 Å². The molecule has 3 aromatic rings. The van der Waals surface area contributed by atoms with E-state index in [0.29, 0.717) is 23.0 Å². The molecule has 2 N–H and O–H groups in total. The molecule has 2 atom stereocenters. The highest BCUT2D eigenvalue weighted by molar-refractivity contribution is 7.80. The predicted molar refractivity (Wildman–Crippen MR) is 123 cm³/mol. The van der Waals surface area contributed by atoms with Crippen molar-refractivity contribution < 1.29 is 13.9 Å². The molecule has 3 heterocycles. The number of thiocarbonyl (C=S) groups is 1. The van der Waals surface area contributed by atoms with Crippen molar-refractivity contribution in [3.05, 3.63) is 71.9 Å². The van der Waals surface area contributed by atoms with Crippen LogP contribution in [0.1, 0.15) is 42.6 Å². The van der Waals surface area contributed by atoms with E-state index in [2.05, 4.69) is 15.6 Å². The SMILES string of the molecule is CCC(=O)Nc1ccc(N2C(=S)N[C@H](c3ccccn3)[C@H]2c2ccc(C)o2)cc1OC. The van der Waals surface area contributed by atoms with E-state index in [9.17, 15) is 4.79 Å². The number of amides is 1. The van der Waals surface area contributed by atoms with E-state index in [0.717, 1.165) is 22.9 Å². The second-order valence-corrected chi connectivity index (χ2v) is 7.62. The van der Waals surface area contributed by atoms with Crippen molar-refractivity contribution in [2.24, 2.45) is 0 Å². The largest absolute Gasteiger partial charge is 0.494 e. The Kier molecular flexibility index (Phi) is 5.90. The lowest BCUT2D eigenvalue weighted by molar-refractivity contribution is -0.115. The number of nitrogens with zero attached hydrogens (tertiary/aromatic N) is 2. The van der Waals surface area contributed by atoms with Crippen molar-refractivity contribution in [3.63, 3.8) is 0 Å². The molecule has 8 heteroatoms. The van der Waals surface area contributed by atoms with Gasteiger partial charge in [0, 0.05) is 24.4 Å². The quantitative estimate of drug-likeness (QED) is 0.550. The standard InChI is InChI=1S/C23H24N4O3S/c1-4-20(28)25-16-10-9-15(13-19(16)29-3)27-22(18-11-8-14(2)30-18)21(26-23(27)31)17-7-5-6-12-24-17/h5-13,21-22H,4H2,1-3H3,(H,25,28)(H,26,31)/t21-,22-/m1/s1. The van der Waals surface area contributed by atoms with Gasteiger partial charge in [-0.15, -0.1) is 0 Å². The first-order chi connectivity index (χ1) is 15.0. The van der Waals surface area contributed by atoms with Gasteiger partial charge < -0.3 is 24.7 Å². The Morgan fingerprint density at radius 2 is 2.13 bits per heavy atom. The summed E-state index contributed by atoms with van der Waals surface area (Å²) in [7, 11) is 1.57. The molecular weight excluding hydrogens is 412 g/mol.